The van der Waals surface area contributed by atoms with Crippen molar-refractivity contribution in [1.82, 2.24) is 9.44 Å². The van der Waals surface area contributed by atoms with E-state index >= 15 is 0 Å². The standard InChI is InChI=1S/C35H30N4O13S4/c1-19-17-23(36-25-7-3-5-21-9-13-29(55(47,48)49)33(40)31(21)25)11-15-27(19)53(43,44)38-35(42)39-54(45,46)28-16-12-24(18-20(28)2)37-26-8-4-6-22-10-14-30(56(50,51)52)34(41)32(22)26/h3-18,36-37,40-41H,1-2H3,(H2,38,39,42)(H,47,48,49)(H,50,51,52). The molecule has 6 aromatic carbocycles. The van der Waals surface area contributed by atoms with Crippen LogP contribution in [0.2, 0.25) is 0 Å². The molecule has 0 bridgehead atoms. The van der Waals surface area contributed by atoms with Gasteiger partial charge in [0.1, 0.15) is 21.3 Å². The molecule has 17 nitrogen and oxygen atoms in total. The average molecular weight is 843 g/mol. The van der Waals surface area contributed by atoms with E-state index in [0.29, 0.717) is 10.8 Å². The zero-order valence-electron chi connectivity index (χ0n) is 28.8. The van der Waals surface area contributed by atoms with Crippen LogP contribution in [0.5, 0.6) is 11.5 Å². The molecule has 0 atom stereocenters. The van der Waals surface area contributed by atoms with Crippen molar-refractivity contribution in [2.24, 2.45) is 0 Å². The van der Waals surface area contributed by atoms with E-state index in [1.807, 2.05) is 0 Å². The van der Waals surface area contributed by atoms with Crippen LogP contribution in [0.3, 0.4) is 0 Å². The number of phenolic OH excluding ortho intramolecular Hbond substituents is 2. The average Bonchev–Trinajstić information content (AvgIpc) is 3.07. The summed E-state index contributed by atoms with van der Waals surface area (Å²) in [6, 6.07) is 20.3. The number of anilines is 4. The predicted molar refractivity (Wildman–Crippen MR) is 206 cm³/mol. The number of carbonyl (C=O) groups is 1. The number of aryl methyl sites for hydroxylation is 2. The largest absolute Gasteiger partial charge is 0.506 e. The lowest BCUT2D eigenvalue weighted by Crippen LogP contribution is -2.42. The monoisotopic (exact) mass is 842 g/mol. The zero-order chi connectivity index (χ0) is 41.0. The Balaban J connectivity index is 1.18. The number of hydrogen-bond acceptors (Lipinski definition) is 13. The van der Waals surface area contributed by atoms with Crippen molar-refractivity contribution in [2.75, 3.05) is 10.6 Å². The number of rotatable bonds is 10. The molecule has 0 saturated carbocycles. The first-order valence-electron chi connectivity index (χ1n) is 15.9. The molecule has 21 heteroatoms. The van der Waals surface area contributed by atoms with Crippen LogP contribution in [0.15, 0.2) is 117 Å². The van der Waals surface area contributed by atoms with E-state index in [0.717, 1.165) is 24.3 Å². The number of carbonyl (C=O) groups excluding carboxylic acids is 1. The molecule has 0 aliphatic rings. The molecule has 0 saturated heterocycles. The predicted octanol–water partition coefficient (Wildman–Crippen LogP) is 5.38. The highest BCUT2D eigenvalue weighted by atomic mass is 32.2. The van der Waals surface area contributed by atoms with Gasteiger partial charge in [-0.05, 0) is 96.4 Å². The van der Waals surface area contributed by atoms with Gasteiger partial charge in [0.05, 0.1) is 21.2 Å². The highest BCUT2D eigenvalue weighted by Gasteiger charge is 2.26. The summed E-state index contributed by atoms with van der Waals surface area (Å²) in [6.07, 6.45) is 0. The van der Waals surface area contributed by atoms with Crippen molar-refractivity contribution in [3.05, 3.63) is 108 Å². The second-order valence-corrected chi connectivity index (χ2v) is 18.4. The van der Waals surface area contributed by atoms with Gasteiger partial charge in [0.2, 0.25) is 0 Å². The van der Waals surface area contributed by atoms with Gasteiger partial charge in [-0.2, -0.15) is 16.8 Å². The van der Waals surface area contributed by atoms with Crippen LogP contribution in [0, 0.1) is 13.8 Å². The van der Waals surface area contributed by atoms with E-state index in [4.69, 9.17) is 0 Å². The van der Waals surface area contributed by atoms with E-state index in [1.165, 1.54) is 62.4 Å². The number of nitrogens with one attached hydrogen (secondary N) is 4. The molecule has 0 heterocycles. The van der Waals surface area contributed by atoms with Crippen molar-refractivity contribution < 1.29 is 57.8 Å². The van der Waals surface area contributed by atoms with Gasteiger partial charge in [0, 0.05) is 22.1 Å². The number of fused-ring (bicyclic) bond motifs is 2. The Morgan fingerprint density at radius 2 is 0.857 bits per heavy atom. The van der Waals surface area contributed by atoms with Crippen molar-refractivity contribution >= 4 is 90.6 Å². The van der Waals surface area contributed by atoms with Crippen LogP contribution in [0.4, 0.5) is 27.5 Å². The third-order valence-electron chi connectivity index (χ3n) is 8.46. The molecule has 0 spiro atoms. The Morgan fingerprint density at radius 1 is 0.500 bits per heavy atom. The summed E-state index contributed by atoms with van der Waals surface area (Å²) in [5.74, 6) is -1.42. The number of phenols is 2. The molecular weight excluding hydrogens is 813 g/mol. The lowest BCUT2D eigenvalue weighted by Gasteiger charge is -2.16. The van der Waals surface area contributed by atoms with Gasteiger partial charge in [0.25, 0.3) is 40.3 Å². The second-order valence-electron chi connectivity index (χ2n) is 12.3. The van der Waals surface area contributed by atoms with Crippen LogP contribution >= 0.6 is 0 Å². The number of sulfonamides is 2. The van der Waals surface area contributed by atoms with Gasteiger partial charge in [-0.25, -0.2) is 31.1 Å². The normalized spacial score (nSPS) is 12.4. The zero-order valence-corrected chi connectivity index (χ0v) is 32.1. The van der Waals surface area contributed by atoms with Crippen LogP contribution in [0.1, 0.15) is 11.1 Å². The minimum atomic E-state index is -4.76. The van der Waals surface area contributed by atoms with Crippen LogP contribution in [0.25, 0.3) is 21.5 Å². The van der Waals surface area contributed by atoms with Crippen LogP contribution in [-0.4, -0.2) is 59.0 Å². The molecule has 292 valence electrons. The van der Waals surface area contributed by atoms with Crippen molar-refractivity contribution in [1.29, 1.82) is 0 Å². The van der Waals surface area contributed by atoms with Gasteiger partial charge < -0.3 is 20.8 Å². The molecule has 0 fully saturated rings. The summed E-state index contributed by atoms with van der Waals surface area (Å²) in [5.41, 5.74) is 1.20. The van der Waals surface area contributed by atoms with E-state index in [2.05, 4.69) is 10.6 Å². The Bertz CT molecular complexity index is 2880. The highest BCUT2D eigenvalue weighted by Crippen LogP contribution is 2.39. The minimum absolute atomic E-state index is 0.0552. The number of hydrogen-bond donors (Lipinski definition) is 8. The second kappa shape index (κ2) is 14.3. The highest BCUT2D eigenvalue weighted by molar-refractivity contribution is 7.91. The van der Waals surface area contributed by atoms with E-state index in [1.54, 1.807) is 33.7 Å². The lowest BCUT2D eigenvalue weighted by atomic mass is 10.1. The third-order valence-corrected chi connectivity index (χ3v) is 13.2. The Hall–Kier alpha value is -5.97. The Morgan fingerprint density at radius 3 is 1.20 bits per heavy atom. The van der Waals surface area contributed by atoms with Crippen LogP contribution in [-0.2, 0) is 40.3 Å². The number of aromatic hydroxyl groups is 2. The lowest BCUT2D eigenvalue weighted by molar-refractivity contribution is 0.250. The first-order chi connectivity index (χ1) is 26.1. The maximum atomic E-state index is 13.2. The van der Waals surface area contributed by atoms with Gasteiger partial charge in [-0.1, -0.05) is 36.4 Å². The molecule has 8 N–H and O–H groups in total. The smallest absolute Gasteiger partial charge is 0.342 e. The SMILES string of the molecule is Cc1cc(Nc2cccc3ccc(S(=O)(=O)O)c(O)c23)ccc1S(=O)(=O)NC(=O)NS(=O)(=O)c1ccc(Nc2cccc3ccc(S(=O)(=O)O)c(O)c23)cc1C. The quantitative estimate of drug-likeness (QED) is 0.0804. The first-order valence-corrected chi connectivity index (χ1v) is 21.7. The fourth-order valence-electron chi connectivity index (χ4n) is 6.05. The Kier molecular flexibility index (Phi) is 10.1. The first kappa shape index (κ1) is 39.7. The molecule has 0 radical (unpaired) electrons. The van der Waals surface area contributed by atoms with Gasteiger partial charge >= 0.3 is 6.03 Å². The fourth-order valence-corrected chi connectivity index (χ4v) is 9.56. The van der Waals surface area contributed by atoms with Crippen molar-refractivity contribution in [3.8, 4) is 11.5 Å². The van der Waals surface area contributed by atoms with E-state index < -0.39 is 67.6 Å². The third kappa shape index (κ3) is 7.89. The van der Waals surface area contributed by atoms with Gasteiger partial charge in [-0.3, -0.25) is 9.11 Å². The summed E-state index contributed by atoms with van der Waals surface area (Å²) in [6.45, 7) is 2.80. The fraction of sp³-hybridized carbons (Fsp3) is 0.0571. The molecule has 0 aliphatic carbocycles. The summed E-state index contributed by atoms with van der Waals surface area (Å²) < 4.78 is 122. The number of amides is 2. The molecule has 0 aromatic heterocycles. The molecule has 2 amide bonds. The minimum Gasteiger partial charge on any atom is -0.506 e. The summed E-state index contributed by atoms with van der Waals surface area (Å²) in [5, 5.41) is 28.2. The topological polar surface area (TPSA) is 283 Å². The van der Waals surface area contributed by atoms with Gasteiger partial charge in [-0.15, -0.1) is 0 Å². The molecular formula is C35H30N4O13S4. The maximum absolute atomic E-state index is 13.2. The summed E-state index contributed by atoms with van der Waals surface area (Å²) >= 11 is 0. The Labute approximate surface area is 320 Å². The van der Waals surface area contributed by atoms with E-state index in [9.17, 15) is 57.8 Å². The maximum Gasteiger partial charge on any atom is 0.342 e. The summed E-state index contributed by atoms with van der Waals surface area (Å²) in [7, 11) is -18.8. The number of benzene rings is 6. The van der Waals surface area contributed by atoms with E-state index in [-0.39, 0.29) is 54.4 Å². The number of urea groups is 1. The molecule has 6 rings (SSSR count). The molecule has 0 unspecified atom stereocenters. The van der Waals surface area contributed by atoms with Crippen molar-refractivity contribution in [3.63, 3.8) is 0 Å². The molecule has 0 aliphatic heterocycles. The molecule has 56 heavy (non-hydrogen) atoms. The van der Waals surface area contributed by atoms with Gasteiger partial charge in [0.15, 0.2) is 0 Å². The van der Waals surface area contributed by atoms with Crippen molar-refractivity contribution in [2.45, 2.75) is 33.4 Å². The molecule has 6 aromatic rings. The van der Waals surface area contributed by atoms with Crippen LogP contribution < -0.4 is 20.1 Å². The summed E-state index contributed by atoms with van der Waals surface area (Å²) in [4.78, 5) is 10.6.